The molecule has 0 radical (unpaired) electrons. The molecule has 0 aromatic carbocycles. The first kappa shape index (κ1) is 14.2. The number of nitrogens with one attached hydrogen (secondary N) is 1. The quantitative estimate of drug-likeness (QED) is 0.832. The normalized spacial score (nSPS) is 26.4. The number of nitrogens with two attached hydrogens (primary N) is 1. The van der Waals surface area contributed by atoms with E-state index in [0.717, 1.165) is 35.0 Å². The van der Waals surface area contributed by atoms with Crippen LogP contribution >= 0.6 is 12.2 Å². The van der Waals surface area contributed by atoms with Crippen LogP contribution in [0.1, 0.15) is 43.5 Å². The third-order valence-corrected chi connectivity index (χ3v) is 4.69. The van der Waals surface area contributed by atoms with Gasteiger partial charge in [0.2, 0.25) is 0 Å². The number of aryl methyl sites for hydroxylation is 1. The highest BCUT2D eigenvalue weighted by Crippen LogP contribution is 2.33. The van der Waals surface area contributed by atoms with E-state index in [9.17, 15) is 0 Å². The highest BCUT2D eigenvalue weighted by atomic mass is 32.1. The van der Waals surface area contributed by atoms with Gasteiger partial charge in [-0.25, -0.2) is 0 Å². The predicted octanol–water partition coefficient (Wildman–Crippen LogP) is 2.57. The Balaban J connectivity index is 2.30. The minimum Gasteiger partial charge on any atom is -0.389 e. The van der Waals surface area contributed by atoms with Gasteiger partial charge in [0.15, 0.2) is 5.82 Å². The van der Waals surface area contributed by atoms with Gasteiger partial charge in [0, 0.05) is 6.04 Å². The minimum absolute atomic E-state index is 0.386. The van der Waals surface area contributed by atoms with Crippen molar-refractivity contribution < 1.29 is 0 Å². The fraction of sp³-hybridized carbons (Fsp3) is 0.643. The summed E-state index contributed by atoms with van der Waals surface area (Å²) in [6.45, 7) is 8.50. The Labute approximate surface area is 120 Å². The summed E-state index contributed by atoms with van der Waals surface area (Å²) in [6, 6.07) is 0.430. The predicted molar refractivity (Wildman–Crippen MR) is 82.4 cm³/mol. The standard InChI is InChI=1S/C14H22N4S/c1-7-5-6-11(8(7)2)16-14-12(13(15)19)9(3)10(4)17-18-14/h7-8,11H,5-6H2,1-4H3,(H2,15,19)(H,16,18). The molecule has 19 heavy (non-hydrogen) atoms. The minimum atomic E-state index is 0.386. The molecule has 2 rings (SSSR count). The summed E-state index contributed by atoms with van der Waals surface area (Å²) in [7, 11) is 0. The van der Waals surface area contributed by atoms with Gasteiger partial charge in [-0.1, -0.05) is 26.1 Å². The Bertz CT molecular complexity index is 500. The third kappa shape index (κ3) is 2.71. The first-order chi connectivity index (χ1) is 8.91. The molecule has 0 aliphatic heterocycles. The first-order valence-corrected chi connectivity index (χ1v) is 7.22. The van der Waals surface area contributed by atoms with Crippen molar-refractivity contribution in [3.8, 4) is 0 Å². The summed E-state index contributed by atoms with van der Waals surface area (Å²) in [6.07, 6.45) is 2.41. The van der Waals surface area contributed by atoms with Crippen LogP contribution in [0.3, 0.4) is 0 Å². The number of rotatable bonds is 3. The second-order valence-corrected chi connectivity index (χ2v) is 6.10. The molecule has 1 aliphatic carbocycles. The van der Waals surface area contributed by atoms with Crippen LogP contribution in [0.5, 0.6) is 0 Å². The molecule has 3 N–H and O–H groups in total. The Morgan fingerprint density at radius 3 is 2.47 bits per heavy atom. The molecule has 104 valence electrons. The maximum atomic E-state index is 5.84. The molecular weight excluding hydrogens is 256 g/mol. The van der Waals surface area contributed by atoms with Gasteiger partial charge in [0.1, 0.15) is 4.99 Å². The highest BCUT2D eigenvalue weighted by Gasteiger charge is 2.30. The van der Waals surface area contributed by atoms with E-state index in [-0.39, 0.29) is 0 Å². The molecule has 3 unspecified atom stereocenters. The summed E-state index contributed by atoms with van der Waals surface area (Å²) >= 11 is 5.16. The number of anilines is 1. The zero-order valence-electron chi connectivity index (χ0n) is 12.0. The number of aromatic nitrogens is 2. The van der Waals surface area contributed by atoms with Crippen LogP contribution < -0.4 is 11.1 Å². The lowest BCUT2D eigenvalue weighted by molar-refractivity contribution is 0.435. The topological polar surface area (TPSA) is 63.8 Å². The van der Waals surface area contributed by atoms with E-state index < -0.39 is 0 Å². The fourth-order valence-electron chi connectivity index (χ4n) is 2.76. The van der Waals surface area contributed by atoms with Crippen LogP contribution in [-0.2, 0) is 0 Å². The largest absolute Gasteiger partial charge is 0.389 e. The van der Waals surface area contributed by atoms with Gasteiger partial charge in [-0.05, 0) is 44.1 Å². The van der Waals surface area contributed by atoms with Gasteiger partial charge in [0.25, 0.3) is 0 Å². The van der Waals surface area contributed by atoms with E-state index in [4.69, 9.17) is 18.0 Å². The second-order valence-electron chi connectivity index (χ2n) is 5.66. The number of hydrogen-bond donors (Lipinski definition) is 2. The number of thiocarbonyl (C=S) groups is 1. The Morgan fingerprint density at radius 2 is 1.95 bits per heavy atom. The van der Waals surface area contributed by atoms with Crippen LogP contribution in [0.25, 0.3) is 0 Å². The van der Waals surface area contributed by atoms with Crippen molar-refractivity contribution in [2.24, 2.45) is 17.6 Å². The molecular formula is C14H22N4S. The van der Waals surface area contributed by atoms with Gasteiger partial charge in [-0.3, -0.25) is 0 Å². The molecule has 0 bridgehead atoms. The zero-order valence-corrected chi connectivity index (χ0v) is 12.8. The SMILES string of the molecule is Cc1nnc(NC2CCC(C)C2C)c(C(N)=S)c1C. The maximum absolute atomic E-state index is 5.84. The van der Waals surface area contributed by atoms with Crippen molar-refractivity contribution in [3.05, 3.63) is 16.8 Å². The van der Waals surface area contributed by atoms with E-state index in [2.05, 4.69) is 29.4 Å². The smallest absolute Gasteiger partial charge is 0.159 e. The van der Waals surface area contributed by atoms with Crippen molar-refractivity contribution in [2.45, 2.75) is 46.6 Å². The summed E-state index contributed by atoms with van der Waals surface area (Å²) < 4.78 is 0. The van der Waals surface area contributed by atoms with Crippen molar-refractivity contribution in [1.82, 2.24) is 10.2 Å². The molecule has 0 spiro atoms. The number of nitrogens with zero attached hydrogens (tertiary/aromatic N) is 2. The van der Waals surface area contributed by atoms with Crippen molar-refractivity contribution >= 4 is 23.0 Å². The molecule has 1 aliphatic rings. The second kappa shape index (κ2) is 5.41. The van der Waals surface area contributed by atoms with Crippen molar-refractivity contribution in [2.75, 3.05) is 5.32 Å². The molecule has 1 fully saturated rings. The van der Waals surface area contributed by atoms with Crippen molar-refractivity contribution in [3.63, 3.8) is 0 Å². The van der Waals surface area contributed by atoms with Crippen molar-refractivity contribution in [1.29, 1.82) is 0 Å². The van der Waals surface area contributed by atoms with Gasteiger partial charge >= 0.3 is 0 Å². The van der Waals surface area contributed by atoms with E-state index in [1.54, 1.807) is 0 Å². The van der Waals surface area contributed by atoms with E-state index in [1.165, 1.54) is 6.42 Å². The summed E-state index contributed by atoms with van der Waals surface area (Å²) in [5.74, 6) is 2.11. The average molecular weight is 278 g/mol. The van der Waals surface area contributed by atoms with Crippen LogP contribution in [0.4, 0.5) is 5.82 Å². The summed E-state index contributed by atoms with van der Waals surface area (Å²) in [4.78, 5) is 0.386. The lowest BCUT2D eigenvalue weighted by Crippen LogP contribution is -2.27. The molecule has 1 aromatic heterocycles. The third-order valence-electron chi connectivity index (χ3n) is 4.49. The highest BCUT2D eigenvalue weighted by molar-refractivity contribution is 7.80. The molecule has 4 nitrogen and oxygen atoms in total. The van der Waals surface area contributed by atoms with Gasteiger partial charge in [-0.2, -0.15) is 5.10 Å². The summed E-state index contributed by atoms with van der Waals surface area (Å²) in [5.41, 5.74) is 8.58. The maximum Gasteiger partial charge on any atom is 0.159 e. The van der Waals surface area contributed by atoms with E-state index >= 15 is 0 Å². The number of hydrogen-bond acceptors (Lipinski definition) is 4. The van der Waals surface area contributed by atoms with E-state index in [1.807, 2.05) is 13.8 Å². The van der Waals surface area contributed by atoms with Gasteiger partial charge in [-0.15, -0.1) is 5.10 Å². The van der Waals surface area contributed by atoms with Gasteiger partial charge < -0.3 is 11.1 Å². The van der Waals surface area contributed by atoms with Crippen LogP contribution in [0.15, 0.2) is 0 Å². The van der Waals surface area contributed by atoms with Gasteiger partial charge in [0.05, 0.1) is 11.3 Å². The molecule has 1 heterocycles. The van der Waals surface area contributed by atoms with E-state index in [0.29, 0.717) is 16.9 Å². The molecule has 0 amide bonds. The molecule has 1 saturated carbocycles. The summed E-state index contributed by atoms with van der Waals surface area (Å²) in [5, 5.41) is 11.9. The van der Waals surface area contributed by atoms with Crippen LogP contribution in [0.2, 0.25) is 0 Å². The van der Waals surface area contributed by atoms with Crippen LogP contribution in [-0.4, -0.2) is 21.2 Å². The van der Waals surface area contributed by atoms with Crippen LogP contribution in [0, 0.1) is 25.7 Å². The monoisotopic (exact) mass is 278 g/mol. The lowest BCUT2D eigenvalue weighted by atomic mass is 9.97. The molecule has 3 atom stereocenters. The Kier molecular flexibility index (Phi) is 4.04. The Morgan fingerprint density at radius 1 is 1.26 bits per heavy atom. The average Bonchev–Trinajstić information content (AvgIpc) is 2.65. The molecule has 5 heteroatoms. The first-order valence-electron chi connectivity index (χ1n) is 6.82. The molecule has 0 saturated heterocycles. The Hall–Kier alpha value is -1.23. The zero-order chi connectivity index (χ0) is 14.2. The fourth-order valence-corrected chi connectivity index (χ4v) is 3.00. The molecule has 1 aromatic rings. The lowest BCUT2D eigenvalue weighted by Gasteiger charge is -2.22.